The minimum atomic E-state index is -1.19. The first kappa shape index (κ1) is 119. The molecule has 706 valence electrons. The highest BCUT2D eigenvalue weighted by atomic mass is 35.5. The van der Waals surface area contributed by atoms with Crippen LogP contribution in [-0.2, 0) is 105 Å². The number of halogens is 1. The highest BCUT2D eigenvalue weighted by Crippen LogP contribution is 2.41. The zero-order chi connectivity index (χ0) is 95.7. The van der Waals surface area contributed by atoms with Gasteiger partial charge >= 0.3 is 57.2 Å². The van der Waals surface area contributed by atoms with E-state index < -0.39 is 81.4 Å². The Morgan fingerprint density at radius 3 is 1.02 bits per heavy atom. The van der Waals surface area contributed by atoms with Crippen LogP contribution >= 0.6 is 83.1 Å². The van der Waals surface area contributed by atoms with E-state index in [0.29, 0.717) is 16.4 Å². The Morgan fingerprint density at radius 1 is 0.444 bits per heavy atom. The molecule has 31 heteroatoms. The quantitative estimate of drug-likeness (QED) is 0.00900. The summed E-state index contributed by atoms with van der Waals surface area (Å²) in [5.41, 5.74) is 1.05. The smallest absolute Gasteiger partial charge is 0.481 e. The van der Waals surface area contributed by atoms with Crippen LogP contribution in [0.1, 0.15) is 302 Å². The molecule has 3 unspecified atom stereocenters. The van der Waals surface area contributed by atoms with Crippen LogP contribution in [0.2, 0.25) is 0 Å². The number of methoxy groups -OCH3 is 2. The molecule has 3 atom stereocenters. The maximum Gasteiger partial charge on any atom is 0.494 e. The summed E-state index contributed by atoms with van der Waals surface area (Å²) in [4.78, 5) is 92.2. The van der Waals surface area contributed by atoms with Gasteiger partial charge in [0.05, 0.1) is 76.4 Å². The van der Waals surface area contributed by atoms with Crippen LogP contribution < -0.4 is 16.4 Å². The average Bonchev–Trinajstić information content (AvgIpc) is 1.64. The maximum atomic E-state index is 13.6. The second kappa shape index (κ2) is 60.8. The predicted octanol–water partition coefficient (Wildman–Crippen LogP) is 21.2. The van der Waals surface area contributed by atoms with Crippen LogP contribution in [-0.4, -0.2) is 160 Å². The van der Waals surface area contributed by atoms with Gasteiger partial charge in [-0.3, -0.25) is 28.8 Å². The van der Waals surface area contributed by atoms with E-state index in [-0.39, 0.29) is 80.3 Å². The zero-order valence-electron chi connectivity index (χ0n) is 79.3. The number of ketones is 1. The molecule has 21 nitrogen and oxygen atoms in total. The lowest BCUT2D eigenvalue weighted by atomic mass is 9.79. The molecule has 3 aliphatic heterocycles. The number of allylic oxidation sites excluding steroid dienone is 1. The fourth-order valence-electron chi connectivity index (χ4n) is 12.2. The Kier molecular flexibility index (Phi) is 57.3. The summed E-state index contributed by atoms with van der Waals surface area (Å²) >= 11 is 21.6. The molecule has 0 saturated carbocycles. The predicted molar refractivity (Wildman–Crippen MR) is 530 cm³/mol. The van der Waals surface area contributed by atoms with Gasteiger partial charge in [-0.25, -0.2) is 9.59 Å². The number of Topliss-reactive ketones (excluding diaryl/α,β-unsaturated/α-hetero) is 1. The molecule has 0 radical (unpaired) electrons. The number of aliphatic carboxylic acids is 2. The normalized spacial score (nSPS) is 16.0. The van der Waals surface area contributed by atoms with Crippen LogP contribution in [0.3, 0.4) is 0 Å². The van der Waals surface area contributed by atoms with E-state index in [2.05, 4.69) is 38.3 Å². The van der Waals surface area contributed by atoms with Crippen LogP contribution in [0, 0.1) is 16.7 Å². The van der Waals surface area contributed by atoms with Gasteiger partial charge in [0.2, 0.25) is 5.24 Å². The minimum Gasteiger partial charge on any atom is -0.481 e. The maximum absolute atomic E-state index is 13.6. The molecule has 0 amide bonds. The van der Waals surface area contributed by atoms with Crippen molar-refractivity contribution in [3.05, 3.63) is 127 Å². The number of esters is 4. The van der Waals surface area contributed by atoms with Crippen molar-refractivity contribution in [2.45, 2.75) is 350 Å². The van der Waals surface area contributed by atoms with Gasteiger partial charge in [-0.1, -0.05) is 277 Å². The van der Waals surface area contributed by atoms with Crippen LogP contribution in [0.15, 0.2) is 111 Å². The van der Waals surface area contributed by atoms with Gasteiger partial charge < -0.3 is 62.2 Å². The molecule has 0 spiro atoms. The molecule has 0 aromatic heterocycles. The Balaban J connectivity index is 0.000000866. The second-order valence-electron chi connectivity index (χ2n) is 35.6. The lowest BCUT2D eigenvalue weighted by Crippen LogP contribution is -2.41. The van der Waals surface area contributed by atoms with Gasteiger partial charge in [0.15, 0.2) is 0 Å². The number of unbranched alkanes of at least 4 members (excludes halogenated alkanes) is 18. The monoisotopic (exact) mass is 1880 g/mol. The number of rotatable bonds is 47. The van der Waals surface area contributed by atoms with Gasteiger partial charge in [0, 0.05) is 18.6 Å². The fourth-order valence-corrected chi connectivity index (χ4v) is 17.9. The van der Waals surface area contributed by atoms with Crippen molar-refractivity contribution in [3.8, 4) is 0 Å². The SMILES string of the molecule is C=CC(=O)Cl.C=CC(=O)OC.C=CC(=O)OCc1ccc(B2OC(C)(C)C(C)(C)O2)cc1.CC1(C)OB(c2ccc(CO)cc2)OC1(C)C.CCCCCCCCCCCCSC(=S)SC(CC(C)(C)C(=O)O)C(=O)CC.CCCCCCCCCCCCSC(=S)SC(CC(CC(C)(C)C(=O)O)C(=O)OC)C(=O)OCc1ccc(B2OC(C)(C)C(C)(C)O2)cc1. The number of aliphatic hydroxyl groups excluding tert-OH is 1. The highest BCUT2D eigenvalue weighted by molar-refractivity contribution is 8.48. The summed E-state index contributed by atoms with van der Waals surface area (Å²) in [5.74, 6) is -2.69. The average molecular weight is 1890 g/mol. The Bertz CT molecular complexity index is 3770. The molecule has 3 N–H and O–H groups in total. The van der Waals surface area contributed by atoms with Gasteiger partial charge in [-0.2, -0.15) is 0 Å². The van der Waals surface area contributed by atoms with Crippen molar-refractivity contribution < 1.29 is 101 Å². The fraction of sp³-hybridized carbons (Fsp3) is 0.642. The molecule has 3 heterocycles. The first-order valence-corrected chi connectivity index (χ1v) is 49.0. The van der Waals surface area contributed by atoms with E-state index >= 15 is 0 Å². The number of ether oxygens (including phenoxy) is 4. The molecule has 3 aliphatic rings. The van der Waals surface area contributed by atoms with Crippen molar-refractivity contribution >= 4 is 175 Å². The summed E-state index contributed by atoms with van der Waals surface area (Å²) in [7, 11) is 1.38. The molecule has 3 aromatic carbocycles. The lowest BCUT2D eigenvalue weighted by molar-refractivity contribution is -0.153. The third-order valence-electron chi connectivity index (χ3n) is 22.7. The summed E-state index contributed by atoms with van der Waals surface area (Å²) in [5, 5.41) is 26.4. The topological polar surface area (TPSA) is 290 Å². The number of carboxylic acid groups (broad SMARTS) is 2. The summed E-state index contributed by atoms with van der Waals surface area (Å²) < 4.78 is 57.4. The van der Waals surface area contributed by atoms with E-state index in [4.69, 9.17) is 83.3 Å². The number of carboxylic acids is 2. The van der Waals surface area contributed by atoms with Crippen molar-refractivity contribution in [2.24, 2.45) is 16.7 Å². The van der Waals surface area contributed by atoms with E-state index in [1.807, 2.05) is 163 Å². The second-order valence-corrected chi connectivity index (χ2v) is 43.0. The number of carbonyl (C=O) groups is 8. The third kappa shape index (κ3) is 45.8. The Labute approximate surface area is 789 Å². The first-order chi connectivity index (χ1) is 58.9. The summed E-state index contributed by atoms with van der Waals surface area (Å²) in [6, 6.07) is 22.9. The van der Waals surface area contributed by atoms with Crippen molar-refractivity contribution in [1.29, 1.82) is 0 Å². The minimum absolute atomic E-state index is 0.0121. The van der Waals surface area contributed by atoms with Crippen molar-refractivity contribution in [3.63, 3.8) is 0 Å². The number of aliphatic hydroxyl groups is 1. The van der Waals surface area contributed by atoms with Crippen LogP contribution in [0.4, 0.5) is 0 Å². The number of hydrogen-bond donors (Lipinski definition) is 3. The van der Waals surface area contributed by atoms with Gasteiger partial charge in [0.1, 0.15) is 31.3 Å². The summed E-state index contributed by atoms with van der Waals surface area (Å²) in [6.07, 6.45) is 29.8. The lowest BCUT2D eigenvalue weighted by Gasteiger charge is -2.32. The molecule has 126 heavy (non-hydrogen) atoms. The van der Waals surface area contributed by atoms with Gasteiger partial charge in [0.25, 0.3) is 0 Å². The molecular weight excluding hydrogens is 1740 g/mol. The molecule has 3 fully saturated rings. The standard InChI is InChI=1S/C37H59BO8S3.C22H40O3S3.C16H21BO4.C13H19BO3.C4H6O2.C3H3ClO/c1-9-10-11-12-13-14-15-16-17-18-23-48-34(47)49-30(24-28(31(39)43-8)25-35(2,3)33(41)42)32(40)44-26-27-19-21-29(22-20-27)38-45-36(4,5)37(6,7)46-38;1-5-7-8-9-10-11-12-13-14-15-16-27-21(26)28-19(18(23)6-2)17-22(3,4)20(24)25;1-6-14(18)19-11-12-7-9-13(10-8-12)17-20-15(2,3)16(4,5)21-17;1-12(2)13(3,4)17-14(16-12)11-7-5-10(9-15)6-8-11;1-3-4(5)6-2;1-2-3(4)5/h19-22,28,30H,9-18,23-26H2,1-8H3,(H,41,42);19H,5-17H2,1-4H3,(H,24,25);6-10H,1,11H2,2-5H3;5-8,15H,9H2,1-4H3;3H,1H2,2H3;2H,1H2. The van der Waals surface area contributed by atoms with Gasteiger partial charge in [-0.05, 0) is 205 Å². The highest BCUT2D eigenvalue weighted by Gasteiger charge is 2.54. The molecule has 0 bridgehead atoms. The van der Waals surface area contributed by atoms with Crippen LogP contribution in [0.25, 0.3) is 0 Å². The molecular formula is C95H148B3ClO21S6. The third-order valence-corrected chi connectivity index (χ3v) is 28.6. The van der Waals surface area contributed by atoms with Crippen LogP contribution in [0.5, 0.6) is 0 Å². The largest absolute Gasteiger partial charge is 0.494 e. The Morgan fingerprint density at radius 2 is 0.746 bits per heavy atom. The van der Waals surface area contributed by atoms with Gasteiger partial charge in [-0.15, -0.1) is 23.5 Å². The van der Waals surface area contributed by atoms with E-state index in [1.165, 1.54) is 159 Å². The molecule has 0 aliphatic carbocycles. The first-order valence-electron chi connectivity index (χ1n) is 44.1. The molecule has 3 aromatic rings. The Hall–Kier alpha value is -5.18. The van der Waals surface area contributed by atoms with E-state index in [0.717, 1.165) is 85.6 Å². The zero-order valence-corrected chi connectivity index (χ0v) is 84.9. The van der Waals surface area contributed by atoms with E-state index in [9.17, 15) is 48.6 Å². The number of thiocarbonyl (C=S) groups is 2. The summed E-state index contributed by atoms with van der Waals surface area (Å²) in [6.45, 7) is 47.0. The number of benzene rings is 3. The molecule has 6 rings (SSSR count). The van der Waals surface area contributed by atoms with Crippen molar-refractivity contribution in [2.75, 3.05) is 25.7 Å². The number of hydrogen-bond acceptors (Lipinski definition) is 25. The van der Waals surface area contributed by atoms with Crippen molar-refractivity contribution in [1.82, 2.24) is 0 Å². The number of carbonyl (C=O) groups excluding carboxylic acids is 6. The number of thioether (sulfide) groups is 4. The molecule has 3 saturated heterocycles. The van der Waals surface area contributed by atoms with E-state index in [1.54, 1.807) is 39.5 Å².